The van der Waals surface area contributed by atoms with Gasteiger partial charge in [0.05, 0.1) is 10.9 Å². The second-order valence-electron chi connectivity index (χ2n) is 2.04. The third kappa shape index (κ3) is 1.99. The van der Waals surface area contributed by atoms with Gasteiger partial charge in [0.1, 0.15) is 0 Å². The number of nitrogens with zero attached hydrogens (tertiary/aromatic N) is 2. The zero-order valence-electron chi connectivity index (χ0n) is 6.13. The first-order valence-electron chi connectivity index (χ1n) is 3.08. The van der Waals surface area contributed by atoms with Crippen molar-refractivity contribution in [3.05, 3.63) is 11.8 Å². The Bertz CT molecular complexity index is 305. The van der Waals surface area contributed by atoms with Crippen LogP contribution in [0.1, 0.15) is 5.56 Å². The summed E-state index contributed by atoms with van der Waals surface area (Å²) < 4.78 is 1.65. The maximum atomic E-state index is 5.53. The summed E-state index contributed by atoms with van der Waals surface area (Å²) >= 11 is 3.20. The minimum absolute atomic E-state index is 0.487. The number of hydrogen-bond acceptors (Lipinski definition) is 2. The van der Waals surface area contributed by atoms with Crippen LogP contribution in [0.2, 0.25) is 0 Å². The Kier molecular flexibility index (Phi) is 2.55. The second kappa shape index (κ2) is 3.44. The molecule has 0 fully saturated rings. The van der Waals surface area contributed by atoms with Crippen molar-refractivity contribution in [2.45, 2.75) is 0 Å². The summed E-state index contributed by atoms with van der Waals surface area (Å²) in [5, 5.41) is 4.59. The maximum absolute atomic E-state index is 5.53. The molecule has 0 aliphatic rings. The quantitative estimate of drug-likeness (QED) is 0.511. The van der Waals surface area contributed by atoms with Crippen molar-refractivity contribution in [2.24, 2.45) is 7.05 Å². The van der Waals surface area contributed by atoms with Crippen LogP contribution in [-0.2, 0) is 7.05 Å². The smallest absolute Gasteiger partial charge is 0.161 e. The molecule has 0 radical (unpaired) electrons. The molecule has 0 aliphatic carbocycles. The SMILES string of the molecule is Cn1cc(C#CCBr)c(N)n1. The zero-order valence-corrected chi connectivity index (χ0v) is 7.72. The van der Waals surface area contributed by atoms with E-state index < -0.39 is 0 Å². The first-order valence-corrected chi connectivity index (χ1v) is 4.20. The Balaban J connectivity index is 2.94. The number of halogens is 1. The largest absolute Gasteiger partial charge is 0.381 e. The molecule has 3 nitrogen and oxygen atoms in total. The normalized spacial score (nSPS) is 8.91. The van der Waals surface area contributed by atoms with E-state index in [0.717, 1.165) is 5.56 Å². The molecule has 1 heterocycles. The van der Waals surface area contributed by atoms with E-state index in [-0.39, 0.29) is 0 Å². The molecule has 4 heteroatoms. The van der Waals surface area contributed by atoms with Gasteiger partial charge >= 0.3 is 0 Å². The molecule has 0 saturated heterocycles. The monoisotopic (exact) mass is 213 g/mol. The highest BCUT2D eigenvalue weighted by atomic mass is 79.9. The van der Waals surface area contributed by atoms with Gasteiger partial charge in [-0.05, 0) is 0 Å². The van der Waals surface area contributed by atoms with Crippen LogP contribution in [0.4, 0.5) is 5.82 Å². The first kappa shape index (κ1) is 8.15. The van der Waals surface area contributed by atoms with Gasteiger partial charge in [-0.2, -0.15) is 5.10 Å². The molecule has 0 saturated carbocycles. The molecule has 1 aromatic heterocycles. The fraction of sp³-hybridized carbons (Fsp3) is 0.286. The Hall–Kier alpha value is -0.950. The van der Waals surface area contributed by atoms with Crippen molar-refractivity contribution < 1.29 is 0 Å². The van der Waals surface area contributed by atoms with Crippen LogP contribution in [0, 0.1) is 11.8 Å². The molecule has 1 aromatic rings. The topological polar surface area (TPSA) is 43.8 Å². The summed E-state index contributed by atoms with van der Waals surface area (Å²) in [5.74, 6) is 6.22. The van der Waals surface area contributed by atoms with E-state index in [9.17, 15) is 0 Å². The van der Waals surface area contributed by atoms with E-state index >= 15 is 0 Å². The lowest BCUT2D eigenvalue weighted by Gasteiger charge is -1.80. The number of aryl methyl sites for hydroxylation is 1. The minimum atomic E-state index is 0.487. The Morgan fingerprint density at radius 2 is 2.55 bits per heavy atom. The van der Waals surface area contributed by atoms with Crippen molar-refractivity contribution in [1.82, 2.24) is 9.78 Å². The number of anilines is 1. The van der Waals surface area contributed by atoms with E-state index in [1.165, 1.54) is 0 Å². The molecule has 58 valence electrons. The van der Waals surface area contributed by atoms with Gasteiger partial charge in [-0.1, -0.05) is 27.8 Å². The zero-order chi connectivity index (χ0) is 8.27. The number of alkyl halides is 1. The molecule has 11 heavy (non-hydrogen) atoms. The summed E-state index contributed by atoms with van der Waals surface area (Å²) in [6, 6.07) is 0. The minimum Gasteiger partial charge on any atom is -0.381 e. The molecular formula is C7H8BrN3. The predicted octanol–water partition coefficient (Wildman–Crippen LogP) is 0.749. The van der Waals surface area contributed by atoms with Crippen LogP contribution in [-0.4, -0.2) is 15.1 Å². The maximum Gasteiger partial charge on any atom is 0.161 e. The van der Waals surface area contributed by atoms with Crippen molar-refractivity contribution in [3.63, 3.8) is 0 Å². The number of aromatic nitrogens is 2. The van der Waals surface area contributed by atoms with Gasteiger partial charge in [-0.15, -0.1) is 0 Å². The van der Waals surface area contributed by atoms with Crippen molar-refractivity contribution in [3.8, 4) is 11.8 Å². The fourth-order valence-electron chi connectivity index (χ4n) is 0.731. The molecule has 0 aliphatic heterocycles. The number of nitrogens with two attached hydrogens (primary N) is 1. The first-order chi connectivity index (χ1) is 5.24. The molecule has 0 bridgehead atoms. The highest BCUT2D eigenvalue weighted by Crippen LogP contribution is 2.04. The lowest BCUT2D eigenvalue weighted by molar-refractivity contribution is 0.772. The highest BCUT2D eigenvalue weighted by Gasteiger charge is 1.97. The van der Waals surface area contributed by atoms with Crippen molar-refractivity contribution in [1.29, 1.82) is 0 Å². The van der Waals surface area contributed by atoms with Gasteiger partial charge in [-0.3, -0.25) is 4.68 Å². The standard InChI is InChI=1S/C7H8BrN3/c1-11-5-6(3-2-4-8)7(9)10-11/h5H,4H2,1H3,(H2,9,10). The van der Waals surface area contributed by atoms with Gasteiger partial charge < -0.3 is 5.73 Å². The highest BCUT2D eigenvalue weighted by molar-refractivity contribution is 9.09. The predicted molar refractivity (Wildman–Crippen MR) is 48.3 cm³/mol. The Morgan fingerprint density at radius 1 is 1.82 bits per heavy atom. The van der Waals surface area contributed by atoms with E-state index in [2.05, 4.69) is 32.9 Å². The summed E-state index contributed by atoms with van der Waals surface area (Å²) in [5.41, 5.74) is 6.32. The van der Waals surface area contributed by atoms with Crippen LogP contribution < -0.4 is 5.73 Å². The van der Waals surface area contributed by atoms with Gasteiger partial charge in [-0.25, -0.2) is 0 Å². The van der Waals surface area contributed by atoms with Gasteiger partial charge in [0.25, 0.3) is 0 Å². The van der Waals surface area contributed by atoms with E-state index in [4.69, 9.17) is 5.73 Å². The van der Waals surface area contributed by atoms with Gasteiger partial charge in [0, 0.05) is 13.2 Å². The second-order valence-corrected chi connectivity index (χ2v) is 2.60. The molecule has 1 rings (SSSR count). The number of nitrogen functional groups attached to an aromatic ring is 1. The Labute approximate surface area is 73.7 Å². The summed E-state index contributed by atoms with van der Waals surface area (Å²) in [4.78, 5) is 0. The molecule has 0 spiro atoms. The summed E-state index contributed by atoms with van der Waals surface area (Å²) in [7, 11) is 1.82. The van der Waals surface area contributed by atoms with Crippen LogP contribution in [0.5, 0.6) is 0 Å². The van der Waals surface area contributed by atoms with Crippen LogP contribution in [0.25, 0.3) is 0 Å². The Morgan fingerprint density at radius 3 is 3.00 bits per heavy atom. The van der Waals surface area contributed by atoms with Gasteiger partial charge in [0.15, 0.2) is 5.82 Å². The molecule has 0 amide bonds. The van der Waals surface area contributed by atoms with E-state index in [0.29, 0.717) is 11.1 Å². The van der Waals surface area contributed by atoms with E-state index in [1.807, 2.05) is 7.05 Å². The molecule has 0 aromatic carbocycles. The van der Waals surface area contributed by atoms with Crippen LogP contribution >= 0.6 is 15.9 Å². The number of rotatable bonds is 0. The average molecular weight is 214 g/mol. The molecule has 0 unspecified atom stereocenters. The van der Waals surface area contributed by atoms with Gasteiger partial charge in [0.2, 0.25) is 0 Å². The lowest BCUT2D eigenvalue weighted by Crippen LogP contribution is -1.90. The third-order valence-corrected chi connectivity index (χ3v) is 1.43. The summed E-state index contributed by atoms with van der Waals surface area (Å²) in [6.45, 7) is 0. The lowest BCUT2D eigenvalue weighted by atomic mass is 10.3. The third-order valence-electron chi connectivity index (χ3n) is 1.15. The van der Waals surface area contributed by atoms with Crippen molar-refractivity contribution in [2.75, 3.05) is 11.1 Å². The average Bonchev–Trinajstić information content (AvgIpc) is 2.26. The number of hydrogen-bond donors (Lipinski definition) is 1. The van der Waals surface area contributed by atoms with Crippen LogP contribution in [0.3, 0.4) is 0 Å². The van der Waals surface area contributed by atoms with Crippen LogP contribution in [0.15, 0.2) is 6.20 Å². The molecule has 2 N–H and O–H groups in total. The fourth-order valence-corrected chi connectivity index (χ4v) is 0.871. The summed E-state index contributed by atoms with van der Waals surface area (Å²) in [6.07, 6.45) is 1.80. The van der Waals surface area contributed by atoms with Crippen molar-refractivity contribution >= 4 is 21.7 Å². The van der Waals surface area contributed by atoms with E-state index in [1.54, 1.807) is 10.9 Å². The molecular weight excluding hydrogens is 206 g/mol. The molecule has 0 atom stereocenters.